The van der Waals surface area contributed by atoms with Crippen LogP contribution in [0.1, 0.15) is 62.4 Å². The smallest absolute Gasteiger partial charge is 0.227 e. The Balaban J connectivity index is 1.23. The maximum atomic E-state index is 13.9. The van der Waals surface area contributed by atoms with Crippen LogP contribution in [0.4, 0.5) is 0 Å². The molecule has 0 spiro atoms. The number of likely N-dealkylation sites (tertiary alicyclic amines) is 1. The molecule has 2 saturated heterocycles. The molecule has 1 N–H and O–H groups in total. The van der Waals surface area contributed by atoms with Gasteiger partial charge in [-0.05, 0) is 44.4 Å². The molecule has 1 saturated carbocycles. The van der Waals surface area contributed by atoms with E-state index >= 15 is 0 Å². The van der Waals surface area contributed by atoms with Crippen LogP contribution >= 0.6 is 22.9 Å². The third-order valence-electron chi connectivity index (χ3n) is 8.95. The highest BCUT2D eigenvalue weighted by atomic mass is 35.5. The van der Waals surface area contributed by atoms with E-state index < -0.39 is 0 Å². The van der Waals surface area contributed by atoms with Gasteiger partial charge >= 0.3 is 0 Å². The Morgan fingerprint density at radius 3 is 2.49 bits per heavy atom. The monoisotopic (exact) mass is 543 g/mol. The highest BCUT2D eigenvalue weighted by Crippen LogP contribution is 2.37. The molecule has 1 aliphatic carbocycles. The third-order valence-corrected chi connectivity index (χ3v) is 9.99. The van der Waals surface area contributed by atoms with Crippen LogP contribution in [-0.2, 0) is 11.3 Å². The fraction of sp³-hybridized carbons (Fsp3) is 0.655. The second-order valence-corrected chi connectivity index (χ2v) is 12.9. The lowest BCUT2D eigenvalue weighted by Crippen LogP contribution is -2.62. The van der Waals surface area contributed by atoms with Gasteiger partial charge in [0.15, 0.2) is 0 Å². The number of hydrogen-bond donors (Lipinski definition) is 1. The molecule has 1 aromatic carbocycles. The summed E-state index contributed by atoms with van der Waals surface area (Å²) in [6.45, 7) is 11.7. The van der Waals surface area contributed by atoms with E-state index in [4.69, 9.17) is 11.6 Å². The lowest BCUT2D eigenvalue weighted by Gasteiger charge is -2.50. The molecule has 2 atom stereocenters. The number of amides is 1. The lowest BCUT2D eigenvalue weighted by molar-refractivity contribution is -0.138. The number of carbonyl (C=O) groups is 1. The number of nitrogens with zero attached hydrogens (tertiary/aromatic N) is 4. The lowest BCUT2D eigenvalue weighted by atomic mass is 9.79. The standard InChI is InChI=1S/C29H42ClN5OS/c1-22(2)34-19-25(23-6-8-24(30)9-7-23)26(20-34)28(36)33-13-15-35(16-14-33)29(10-4-3-5-11-29)21-31-18-27-32-12-17-37-27/h6-9,12,17,22,25-26,31H,3-5,10-11,13-16,18-21H2,1-2H3/t25-,26+/m1/s1. The van der Waals surface area contributed by atoms with Crippen LogP contribution in [0.15, 0.2) is 35.8 Å². The summed E-state index contributed by atoms with van der Waals surface area (Å²) < 4.78 is 0. The average molecular weight is 544 g/mol. The van der Waals surface area contributed by atoms with E-state index in [0.29, 0.717) is 11.9 Å². The zero-order valence-electron chi connectivity index (χ0n) is 22.4. The number of piperazine rings is 1. The maximum absolute atomic E-state index is 13.9. The first kappa shape index (κ1) is 27.1. The molecular weight excluding hydrogens is 502 g/mol. The predicted molar refractivity (Wildman–Crippen MR) is 152 cm³/mol. The molecule has 0 bridgehead atoms. The van der Waals surface area contributed by atoms with Crippen molar-refractivity contribution in [3.63, 3.8) is 0 Å². The molecule has 2 aliphatic heterocycles. The zero-order valence-corrected chi connectivity index (χ0v) is 23.9. The third kappa shape index (κ3) is 6.22. The van der Waals surface area contributed by atoms with Crippen LogP contribution in [0, 0.1) is 5.92 Å². The molecule has 8 heteroatoms. The van der Waals surface area contributed by atoms with Gasteiger partial charge in [0.05, 0.1) is 5.92 Å². The molecule has 2 aromatic rings. The van der Waals surface area contributed by atoms with Crippen molar-refractivity contribution in [2.24, 2.45) is 5.92 Å². The summed E-state index contributed by atoms with van der Waals surface area (Å²) in [6.07, 6.45) is 8.32. The summed E-state index contributed by atoms with van der Waals surface area (Å²) in [7, 11) is 0. The minimum atomic E-state index is 0.0127. The fourth-order valence-electron chi connectivity index (χ4n) is 6.75. The molecule has 37 heavy (non-hydrogen) atoms. The number of thiazole rings is 1. The second-order valence-electron chi connectivity index (χ2n) is 11.4. The number of hydrogen-bond acceptors (Lipinski definition) is 6. The molecule has 202 valence electrons. The Bertz CT molecular complexity index is 1000. The quantitative estimate of drug-likeness (QED) is 0.515. The Labute approximate surface area is 231 Å². The normalized spacial score (nSPS) is 25.1. The van der Waals surface area contributed by atoms with Gasteiger partial charge < -0.3 is 10.2 Å². The zero-order chi connectivity index (χ0) is 25.8. The number of nitrogens with one attached hydrogen (secondary N) is 1. The van der Waals surface area contributed by atoms with E-state index in [0.717, 1.165) is 62.4 Å². The van der Waals surface area contributed by atoms with Crippen LogP contribution in [0.25, 0.3) is 0 Å². The number of halogens is 1. The number of carbonyl (C=O) groups excluding carboxylic acids is 1. The maximum Gasteiger partial charge on any atom is 0.227 e. The number of benzene rings is 1. The van der Waals surface area contributed by atoms with Crippen molar-refractivity contribution in [3.05, 3.63) is 51.4 Å². The number of rotatable bonds is 8. The highest BCUT2D eigenvalue weighted by molar-refractivity contribution is 7.09. The van der Waals surface area contributed by atoms with Crippen LogP contribution in [0.2, 0.25) is 5.02 Å². The first-order chi connectivity index (χ1) is 17.9. The van der Waals surface area contributed by atoms with Gasteiger partial charge in [0, 0.05) is 86.5 Å². The van der Waals surface area contributed by atoms with Crippen molar-refractivity contribution in [3.8, 4) is 0 Å². The largest absolute Gasteiger partial charge is 0.340 e. The molecule has 3 aliphatic rings. The van der Waals surface area contributed by atoms with Crippen molar-refractivity contribution < 1.29 is 4.79 Å². The van der Waals surface area contributed by atoms with Crippen LogP contribution < -0.4 is 5.32 Å². The van der Waals surface area contributed by atoms with Gasteiger partial charge in [0.25, 0.3) is 0 Å². The SMILES string of the molecule is CC(C)N1C[C@H](C(=O)N2CCN(C3(CNCc4nccs4)CCCCC3)CC2)[C@@H](c2ccc(Cl)cc2)C1. The Hall–Kier alpha value is -1.51. The molecule has 0 unspecified atom stereocenters. The van der Waals surface area contributed by atoms with Gasteiger partial charge in [0.1, 0.15) is 5.01 Å². The minimum Gasteiger partial charge on any atom is -0.340 e. The Morgan fingerprint density at radius 2 is 1.84 bits per heavy atom. The van der Waals surface area contributed by atoms with Crippen molar-refractivity contribution >= 4 is 28.8 Å². The van der Waals surface area contributed by atoms with Gasteiger partial charge in [-0.2, -0.15) is 0 Å². The molecule has 5 rings (SSSR count). The van der Waals surface area contributed by atoms with Gasteiger partial charge in [-0.25, -0.2) is 4.98 Å². The van der Waals surface area contributed by atoms with Crippen molar-refractivity contribution in [2.75, 3.05) is 45.8 Å². The molecule has 6 nitrogen and oxygen atoms in total. The minimum absolute atomic E-state index is 0.0127. The molecule has 0 radical (unpaired) electrons. The Kier molecular flexibility index (Phi) is 8.87. The van der Waals surface area contributed by atoms with Gasteiger partial charge in [0.2, 0.25) is 5.91 Å². The molecular formula is C29H42ClN5OS. The van der Waals surface area contributed by atoms with E-state index in [9.17, 15) is 4.79 Å². The summed E-state index contributed by atoms with van der Waals surface area (Å²) in [5, 5.41) is 7.68. The Morgan fingerprint density at radius 1 is 1.11 bits per heavy atom. The van der Waals surface area contributed by atoms with E-state index in [-0.39, 0.29) is 17.4 Å². The first-order valence-electron chi connectivity index (χ1n) is 14.1. The van der Waals surface area contributed by atoms with E-state index in [1.807, 2.05) is 23.7 Å². The summed E-state index contributed by atoms with van der Waals surface area (Å²) >= 11 is 7.89. The summed E-state index contributed by atoms with van der Waals surface area (Å²) in [4.78, 5) is 25.7. The van der Waals surface area contributed by atoms with E-state index in [1.54, 1.807) is 11.3 Å². The highest BCUT2D eigenvalue weighted by Gasteiger charge is 2.43. The van der Waals surface area contributed by atoms with E-state index in [1.165, 1.54) is 37.7 Å². The van der Waals surface area contributed by atoms with Gasteiger partial charge in [-0.3, -0.25) is 14.6 Å². The van der Waals surface area contributed by atoms with Crippen LogP contribution in [0.5, 0.6) is 0 Å². The van der Waals surface area contributed by atoms with Crippen molar-refractivity contribution in [1.82, 2.24) is 25.0 Å². The predicted octanol–water partition coefficient (Wildman–Crippen LogP) is 4.86. The number of aromatic nitrogens is 1. The second kappa shape index (κ2) is 12.1. The average Bonchev–Trinajstić information content (AvgIpc) is 3.60. The first-order valence-corrected chi connectivity index (χ1v) is 15.3. The van der Waals surface area contributed by atoms with Crippen LogP contribution in [-0.4, -0.2) is 83.0 Å². The topological polar surface area (TPSA) is 51.7 Å². The van der Waals surface area contributed by atoms with Gasteiger partial charge in [-0.1, -0.05) is 43.0 Å². The summed E-state index contributed by atoms with van der Waals surface area (Å²) in [5.74, 6) is 0.575. The molecule has 3 fully saturated rings. The summed E-state index contributed by atoms with van der Waals surface area (Å²) in [6, 6.07) is 8.58. The van der Waals surface area contributed by atoms with Crippen LogP contribution in [0.3, 0.4) is 0 Å². The molecule has 1 amide bonds. The molecule has 1 aromatic heterocycles. The van der Waals surface area contributed by atoms with Gasteiger partial charge in [-0.15, -0.1) is 11.3 Å². The van der Waals surface area contributed by atoms with Crippen molar-refractivity contribution in [1.29, 1.82) is 0 Å². The summed E-state index contributed by atoms with van der Waals surface area (Å²) in [5.41, 5.74) is 1.44. The molecule has 3 heterocycles. The van der Waals surface area contributed by atoms with E-state index in [2.05, 4.69) is 51.0 Å². The fourth-order valence-corrected chi connectivity index (χ4v) is 7.46. The van der Waals surface area contributed by atoms with Crippen molar-refractivity contribution in [2.45, 2.75) is 70.0 Å².